The number of thioether (sulfide) groups is 1. The van der Waals surface area contributed by atoms with Gasteiger partial charge in [-0.05, 0) is 92.8 Å². The Bertz CT molecular complexity index is 1390. The number of hydrogen-bond acceptors (Lipinski definition) is 5. The molecule has 1 aliphatic carbocycles. The van der Waals surface area contributed by atoms with Crippen molar-refractivity contribution < 1.29 is 9.59 Å². The minimum absolute atomic E-state index is 0.347. The monoisotopic (exact) mass is 493 g/mol. The minimum atomic E-state index is -0.360. The molecule has 0 N–H and O–H groups in total. The van der Waals surface area contributed by atoms with E-state index in [-0.39, 0.29) is 11.1 Å². The number of rotatable bonds is 3. The Balaban J connectivity index is 1.54. The summed E-state index contributed by atoms with van der Waals surface area (Å²) < 4.78 is 2.11. The number of fused-ring (bicyclic) bond motifs is 1. The van der Waals surface area contributed by atoms with Gasteiger partial charge < -0.3 is 4.57 Å². The third kappa shape index (κ3) is 3.72. The maximum Gasteiger partial charge on any atom is 0.298 e. The molecule has 3 aromatic rings. The number of carbonyl (C=O) groups excluding carboxylic acids is 2. The van der Waals surface area contributed by atoms with Crippen LogP contribution < -0.4 is 4.90 Å². The molecule has 0 saturated carbocycles. The molecule has 2 amide bonds. The van der Waals surface area contributed by atoms with Crippen molar-refractivity contribution in [3.05, 3.63) is 73.2 Å². The van der Waals surface area contributed by atoms with Crippen molar-refractivity contribution in [2.45, 2.75) is 39.5 Å². The zero-order valence-electron chi connectivity index (χ0n) is 18.1. The van der Waals surface area contributed by atoms with Gasteiger partial charge in [-0.2, -0.15) is 5.26 Å². The highest BCUT2D eigenvalue weighted by molar-refractivity contribution is 8.19. The van der Waals surface area contributed by atoms with E-state index in [2.05, 4.69) is 10.6 Å². The van der Waals surface area contributed by atoms with Gasteiger partial charge in [0, 0.05) is 21.3 Å². The smallest absolute Gasteiger partial charge is 0.298 e. The van der Waals surface area contributed by atoms with Crippen LogP contribution in [0.2, 0.25) is 5.02 Å². The number of nitrogens with zero attached hydrogens (tertiary/aromatic N) is 3. The van der Waals surface area contributed by atoms with Crippen molar-refractivity contribution >= 4 is 57.6 Å². The number of carbonyl (C=O) groups is 2. The van der Waals surface area contributed by atoms with E-state index in [4.69, 9.17) is 11.6 Å². The Morgan fingerprint density at radius 2 is 1.94 bits per heavy atom. The van der Waals surface area contributed by atoms with Crippen LogP contribution >= 0.6 is 34.7 Å². The first kappa shape index (κ1) is 22.0. The standard InChI is InChI=1S/C25H20ClN3O2S2/c1-14-10-16(11-22-23(30)29(25(31)33-22)18-7-5-6-17(26)12-18)15(2)28(14)24-20(13-27)19-8-3-4-9-21(19)32-24/h5-7,10-12H,3-4,8-9H2,1-2H3/b22-11+. The van der Waals surface area contributed by atoms with Gasteiger partial charge >= 0.3 is 0 Å². The molecule has 33 heavy (non-hydrogen) atoms. The Kier molecular flexibility index (Phi) is 5.69. The molecule has 2 aliphatic rings. The fraction of sp³-hybridized carbons (Fsp3) is 0.240. The summed E-state index contributed by atoms with van der Waals surface area (Å²) in [6.45, 7) is 3.99. The molecule has 5 rings (SSSR count). The predicted molar refractivity (Wildman–Crippen MR) is 134 cm³/mol. The van der Waals surface area contributed by atoms with E-state index in [1.807, 2.05) is 19.9 Å². The summed E-state index contributed by atoms with van der Waals surface area (Å²) in [5.41, 5.74) is 5.21. The highest BCUT2D eigenvalue weighted by Crippen LogP contribution is 2.40. The van der Waals surface area contributed by atoms with Crippen LogP contribution in [-0.4, -0.2) is 15.7 Å². The van der Waals surface area contributed by atoms with Gasteiger partial charge in [-0.25, -0.2) is 4.90 Å². The summed E-state index contributed by atoms with van der Waals surface area (Å²) >= 11 is 8.67. The molecule has 0 radical (unpaired) electrons. The first-order valence-electron chi connectivity index (χ1n) is 10.7. The van der Waals surface area contributed by atoms with Crippen LogP contribution in [-0.2, 0) is 17.6 Å². The summed E-state index contributed by atoms with van der Waals surface area (Å²) in [6.07, 6.45) is 6.04. The van der Waals surface area contributed by atoms with Gasteiger partial charge in [0.25, 0.3) is 11.1 Å². The quantitative estimate of drug-likeness (QED) is 0.376. The Morgan fingerprint density at radius 1 is 1.15 bits per heavy atom. The van der Waals surface area contributed by atoms with E-state index in [1.54, 1.807) is 41.7 Å². The highest BCUT2D eigenvalue weighted by atomic mass is 35.5. The van der Waals surface area contributed by atoms with Crippen molar-refractivity contribution in [1.82, 2.24) is 4.57 Å². The van der Waals surface area contributed by atoms with Gasteiger partial charge in [-0.1, -0.05) is 17.7 Å². The largest absolute Gasteiger partial charge is 0.308 e. The van der Waals surface area contributed by atoms with E-state index >= 15 is 0 Å². The van der Waals surface area contributed by atoms with E-state index in [9.17, 15) is 14.9 Å². The molecule has 5 nitrogen and oxygen atoms in total. The Labute approximate surface area is 205 Å². The van der Waals surface area contributed by atoms with Gasteiger partial charge in [-0.15, -0.1) is 11.3 Å². The van der Waals surface area contributed by atoms with E-state index < -0.39 is 0 Å². The van der Waals surface area contributed by atoms with Gasteiger partial charge in [0.05, 0.1) is 16.2 Å². The first-order chi connectivity index (χ1) is 15.9. The normalized spacial score (nSPS) is 17.0. The third-order valence-corrected chi connectivity index (χ3v) is 8.47. The molecule has 1 aromatic carbocycles. The van der Waals surface area contributed by atoms with Crippen LogP contribution in [0.15, 0.2) is 35.2 Å². The zero-order valence-corrected chi connectivity index (χ0v) is 20.5. The summed E-state index contributed by atoms with van der Waals surface area (Å²) in [4.78, 5) is 28.5. The van der Waals surface area contributed by atoms with Crippen LogP contribution in [0.25, 0.3) is 11.1 Å². The lowest BCUT2D eigenvalue weighted by atomic mass is 9.96. The van der Waals surface area contributed by atoms with Crippen molar-refractivity contribution in [2.75, 3.05) is 4.90 Å². The van der Waals surface area contributed by atoms with Crippen LogP contribution in [0.5, 0.6) is 0 Å². The van der Waals surface area contributed by atoms with Gasteiger partial charge in [0.1, 0.15) is 11.1 Å². The van der Waals surface area contributed by atoms with E-state index in [0.717, 1.165) is 69.9 Å². The second-order valence-corrected chi connectivity index (χ2v) is 10.7. The molecule has 1 saturated heterocycles. The van der Waals surface area contributed by atoms with Crippen molar-refractivity contribution in [3.8, 4) is 11.1 Å². The van der Waals surface area contributed by atoms with Crippen LogP contribution in [0.1, 0.15) is 45.8 Å². The number of anilines is 1. The average Bonchev–Trinajstić information content (AvgIpc) is 3.38. The Morgan fingerprint density at radius 3 is 2.70 bits per heavy atom. The maximum atomic E-state index is 13.1. The molecular weight excluding hydrogens is 474 g/mol. The molecule has 0 bridgehead atoms. The lowest BCUT2D eigenvalue weighted by molar-refractivity contribution is -0.113. The topological polar surface area (TPSA) is 66.1 Å². The van der Waals surface area contributed by atoms with Crippen LogP contribution in [0.3, 0.4) is 0 Å². The lowest BCUT2D eigenvalue weighted by Gasteiger charge is -2.12. The average molecular weight is 494 g/mol. The maximum absolute atomic E-state index is 13.1. The second-order valence-electron chi connectivity index (χ2n) is 8.16. The van der Waals surface area contributed by atoms with Crippen molar-refractivity contribution in [2.24, 2.45) is 0 Å². The molecule has 0 atom stereocenters. The van der Waals surface area contributed by atoms with Crippen LogP contribution in [0, 0.1) is 25.2 Å². The molecule has 0 spiro atoms. The third-order valence-electron chi connectivity index (χ3n) is 6.08. The number of aryl methyl sites for hydroxylation is 2. The summed E-state index contributed by atoms with van der Waals surface area (Å²) in [5.74, 6) is -0.360. The number of halogens is 1. The van der Waals surface area contributed by atoms with Gasteiger partial charge in [0.2, 0.25) is 0 Å². The highest BCUT2D eigenvalue weighted by Gasteiger charge is 2.36. The van der Waals surface area contributed by atoms with Gasteiger partial charge in [0.15, 0.2) is 0 Å². The number of benzene rings is 1. The van der Waals surface area contributed by atoms with Crippen molar-refractivity contribution in [1.29, 1.82) is 5.26 Å². The van der Waals surface area contributed by atoms with E-state index in [1.165, 1.54) is 10.4 Å². The first-order valence-corrected chi connectivity index (χ1v) is 12.7. The van der Waals surface area contributed by atoms with Gasteiger partial charge in [-0.3, -0.25) is 9.59 Å². The zero-order chi connectivity index (χ0) is 23.3. The molecule has 0 unspecified atom stereocenters. The van der Waals surface area contributed by atoms with E-state index in [0.29, 0.717) is 15.6 Å². The minimum Gasteiger partial charge on any atom is -0.308 e. The van der Waals surface area contributed by atoms with Crippen LogP contribution in [0.4, 0.5) is 10.5 Å². The fourth-order valence-electron chi connectivity index (χ4n) is 4.52. The Hall–Kier alpha value is -2.79. The molecule has 1 aliphatic heterocycles. The summed E-state index contributed by atoms with van der Waals surface area (Å²) in [6, 6.07) is 11.2. The second kappa shape index (κ2) is 8.53. The number of hydrogen-bond donors (Lipinski definition) is 0. The molecular formula is C25H20ClN3O2S2. The number of thiophene rings is 1. The summed E-state index contributed by atoms with van der Waals surface area (Å²) in [5, 5.41) is 11.0. The fourth-order valence-corrected chi connectivity index (χ4v) is 6.98. The van der Waals surface area contributed by atoms with Crippen molar-refractivity contribution in [3.63, 3.8) is 0 Å². The molecule has 3 heterocycles. The molecule has 2 aromatic heterocycles. The number of amides is 2. The number of imide groups is 1. The predicted octanol–water partition coefficient (Wildman–Crippen LogP) is 6.80. The SMILES string of the molecule is Cc1cc(/C=C2/SC(=O)N(c3cccc(Cl)c3)C2=O)c(C)n1-c1sc2c(c1C#N)CCCC2. The summed E-state index contributed by atoms with van der Waals surface area (Å²) in [7, 11) is 0. The molecule has 166 valence electrons. The number of nitriles is 1. The molecule has 8 heteroatoms. The number of aromatic nitrogens is 1. The molecule has 1 fully saturated rings. The lowest BCUT2D eigenvalue weighted by Crippen LogP contribution is -2.27.